The van der Waals surface area contributed by atoms with Gasteiger partial charge in [-0.1, -0.05) is 29.4 Å². The first-order valence-electron chi connectivity index (χ1n) is 15.2. The van der Waals surface area contributed by atoms with E-state index in [1.54, 1.807) is 26.0 Å². The number of allylic oxidation sites excluding steroid dienone is 3. The molecule has 1 aromatic carbocycles. The van der Waals surface area contributed by atoms with Crippen LogP contribution in [0, 0.1) is 5.41 Å². The molecule has 0 aliphatic carbocycles. The molecule has 6 N–H and O–H groups in total. The highest BCUT2D eigenvalue weighted by molar-refractivity contribution is 7.81. The van der Waals surface area contributed by atoms with Crippen molar-refractivity contribution in [2.45, 2.75) is 78.2 Å². The van der Waals surface area contributed by atoms with Crippen LogP contribution < -0.4 is 9.92 Å². The number of ether oxygens (including phenoxy) is 1. The van der Waals surface area contributed by atoms with Crippen LogP contribution in [-0.4, -0.2) is 107 Å². The van der Waals surface area contributed by atoms with Crippen molar-refractivity contribution in [2.24, 2.45) is 5.73 Å². The summed E-state index contributed by atoms with van der Waals surface area (Å²) >= 11 is 0. The number of likely N-dealkylation sites (N-methyl/N-ethyl adjacent to an activating group) is 1. The number of nitrogens with zero attached hydrogens (tertiary/aromatic N) is 2. The number of esters is 1. The van der Waals surface area contributed by atoms with Crippen LogP contribution in [0.3, 0.4) is 0 Å². The fourth-order valence-corrected chi connectivity index (χ4v) is 5.84. The SMILES string of the molecule is CC(C)=CCC/C(C)=C/CN(CCCC(C(=O)OC(C)C(OS(=O)(=O)O)c1ccc(OS(=O)(=O)O)c(COS(=O)(=O)O)c1)[N+](C)(C)C)C(=N)N. The highest BCUT2D eigenvalue weighted by Crippen LogP contribution is 2.32. The van der Waals surface area contributed by atoms with E-state index in [0.29, 0.717) is 19.5 Å². The van der Waals surface area contributed by atoms with E-state index in [2.05, 4.69) is 14.4 Å². The number of nitrogens with two attached hydrogens (primary N) is 1. The summed E-state index contributed by atoms with van der Waals surface area (Å²) in [5, 5.41) is 7.99. The predicted octanol–water partition coefficient (Wildman–Crippen LogP) is 2.72. The number of carbonyl (C=O) groups excluding carboxylic acids is 1. The van der Waals surface area contributed by atoms with Crippen LogP contribution in [0.4, 0.5) is 0 Å². The number of quaternary nitrogens is 1. The molecule has 286 valence electrons. The number of hydrogen-bond acceptors (Lipinski definition) is 12. The van der Waals surface area contributed by atoms with Crippen LogP contribution in [0.15, 0.2) is 41.5 Å². The Kier molecular flexibility index (Phi) is 17.0. The molecule has 0 aromatic heterocycles. The third-order valence-electron chi connectivity index (χ3n) is 7.13. The molecule has 0 heterocycles. The molecule has 0 amide bonds. The molecule has 0 saturated carbocycles. The Hall–Kier alpha value is -3.15. The van der Waals surface area contributed by atoms with Gasteiger partial charge >= 0.3 is 37.2 Å². The highest BCUT2D eigenvalue weighted by atomic mass is 32.3. The first kappa shape index (κ1) is 44.9. The number of guanidine groups is 1. The molecule has 0 bridgehead atoms. The molecule has 0 fully saturated rings. The summed E-state index contributed by atoms with van der Waals surface area (Å²) in [7, 11) is -10.2. The van der Waals surface area contributed by atoms with Crippen molar-refractivity contribution in [3.8, 4) is 5.75 Å². The van der Waals surface area contributed by atoms with Crippen molar-refractivity contribution in [2.75, 3.05) is 34.2 Å². The number of hydrogen-bond donors (Lipinski definition) is 5. The van der Waals surface area contributed by atoms with Crippen molar-refractivity contribution < 1.29 is 65.5 Å². The summed E-state index contributed by atoms with van der Waals surface area (Å²) < 4.78 is 115. The molecular formula is C29H49N4O14S3+. The minimum Gasteiger partial charge on any atom is -0.455 e. The van der Waals surface area contributed by atoms with Gasteiger partial charge in [-0.15, -0.1) is 0 Å². The second-order valence-electron chi connectivity index (χ2n) is 12.6. The van der Waals surface area contributed by atoms with Gasteiger partial charge in [0, 0.05) is 25.1 Å². The van der Waals surface area contributed by atoms with Crippen molar-refractivity contribution in [3.63, 3.8) is 0 Å². The number of rotatable bonds is 21. The van der Waals surface area contributed by atoms with Crippen LogP contribution in [0.2, 0.25) is 0 Å². The molecular weight excluding hydrogens is 725 g/mol. The molecule has 3 unspecified atom stereocenters. The lowest BCUT2D eigenvalue weighted by molar-refractivity contribution is -0.887. The van der Waals surface area contributed by atoms with Gasteiger partial charge in [0.1, 0.15) is 12.2 Å². The summed E-state index contributed by atoms with van der Waals surface area (Å²) in [6.45, 7) is 6.98. The second-order valence-corrected chi connectivity index (χ2v) is 15.8. The topological polar surface area (TPSA) is 270 Å². The van der Waals surface area contributed by atoms with Crippen molar-refractivity contribution >= 4 is 43.1 Å². The number of carbonyl (C=O) groups is 1. The van der Waals surface area contributed by atoms with Gasteiger partial charge in [0.2, 0.25) is 0 Å². The molecule has 0 spiro atoms. The van der Waals surface area contributed by atoms with Crippen LogP contribution in [0.25, 0.3) is 0 Å². The lowest BCUT2D eigenvalue weighted by atomic mass is 10.0. The standard InChI is InChI=1S/C29H48N4O14S3/c1-20(2)10-8-11-21(3)15-17-32(29(30)31)16-9-12-25(33(5,6)7)28(34)45-22(4)27(47-50(41,42)43)23-13-14-26(46-49(38,39)40)24(18-23)19-44-48(35,36)37/h10,13-15,18,22,25,27H,8-9,11-12,16-17,19H2,1-7H3,(H5-,30,31,35,36,37,38,39,40,41,42,43)/p+1/b21-15+. The highest BCUT2D eigenvalue weighted by Gasteiger charge is 2.37. The second kappa shape index (κ2) is 18.9. The largest absolute Gasteiger partial charge is 0.455 e. The summed E-state index contributed by atoms with van der Waals surface area (Å²) in [6.07, 6.45) is 3.31. The Balaban J connectivity index is 3.27. The summed E-state index contributed by atoms with van der Waals surface area (Å²) in [6, 6.07) is 2.01. The third kappa shape index (κ3) is 18.2. The van der Waals surface area contributed by atoms with E-state index in [1.165, 1.54) is 12.5 Å². The molecule has 0 radical (unpaired) electrons. The molecule has 0 aliphatic heterocycles. The zero-order valence-corrected chi connectivity index (χ0v) is 31.5. The summed E-state index contributed by atoms with van der Waals surface area (Å²) in [5.74, 6) is -1.59. The van der Waals surface area contributed by atoms with E-state index in [4.69, 9.17) is 29.2 Å². The molecule has 0 aliphatic rings. The molecule has 21 heteroatoms. The Bertz CT molecular complexity index is 1720. The quantitative estimate of drug-likeness (QED) is 0.0300. The predicted molar refractivity (Wildman–Crippen MR) is 183 cm³/mol. The van der Waals surface area contributed by atoms with E-state index in [9.17, 15) is 34.6 Å². The van der Waals surface area contributed by atoms with Gasteiger partial charge in [-0.3, -0.25) is 19.1 Å². The smallest absolute Gasteiger partial charge is 0.446 e. The molecule has 1 rings (SSSR count). The van der Waals surface area contributed by atoms with Crippen molar-refractivity contribution in [1.82, 2.24) is 4.90 Å². The Morgan fingerprint density at radius 1 is 1.00 bits per heavy atom. The zero-order chi connectivity index (χ0) is 38.7. The molecule has 1 aromatic rings. The third-order valence-corrected chi connectivity index (χ3v) is 8.39. The van der Waals surface area contributed by atoms with Gasteiger partial charge in [-0.25, -0.2) is 13.2 Å². The molecule has 0 saturated heterocycles. The Morgan fingerprint density at radius 2 is 1.62 bits per heavy atom. The summed E-state index contributed by atoms with van der Waals surface area (Å²) in [4.78, 5) is 15.2. The maximum absolute atomic E-state index is 13.5. The Morgan fingerprint density at radius 3 is 2.12 bits per heavy atom. The average molecular weight is 774 g/mol. The fraction of sp³-hybridized carbons (Fsp3) is 0.586. The van der Waals surface area contributed by atoms with Gasteiger partial charge in [0.15, 0.2) is 17.8 Å². The van der Waals surface area contributed by atoms with Crippen molar-refractivity contribution in [1.29, 1.82) is 5.41 Å². The lowest BCUT2D eigenvalue weighted by Crippen LogP contribution is -2.51. The van der Waals surface area contributed by atoms with Crippen molar-refractivity contribution in [3.05, 3.63) is 52.6 Å². The minimum absolute atomic E-state index is 0.0810. The number of nitrogens with one attached hydrogen (secondary N) is 1. The van der Waals surface area contributed by atoms with Gasteiger partial charge in [0.05, 0.1) is 27.7 Å². The molecule has 3 atom stereocenters. The van der Waals surface area contributed by atoms with Gasteiger partial charge in [-0.2, -0.15) is 25.3 Å². The van der Waals surface area contributed by atoms with Gasteiger partial charge in [0.25, 0.3) is 0 Å². The van der Waals surface area contributed by atoms with E-state index in [0.717, 1.165) is 36.6 Å². The van der Waals surface area contributed by atoms with E-state index >= 15 is 0 Å². The van der Waals surface area contributed by atoms with Crippen LogP contribution in [-0.2, 0) is 55.7 Å². The lowest BCUT2D eigenvalue weighted by Gasteiger charge is -2.34. The van der Waals surface area contributed by atoms with E-state index in [-0.39, 0.29) is 22.4 Å². The van der Waals surface area contributed by atoms with E-state index < -0.39 is 73.3 Å². The van der Waals surface area contributed by atoms with Gasteiger partial charge in [-0.05, 0) is 64.7 Å². The average Bonchev–Trinajstić information content (AvgIpc) is 2.92. The maximum atomic E-state index is 13.5. The first-order chi connectivity index (χ1) is 22.7. The van der Waals surface area contributed by atoms with Crippen LogP contribution in [0.1, 0.15) is 70.6 Å². The number of benzene rings is 1. The Labute approximate surface area is 294 Å². The first-order valence-corrected chi connectivity index (χ1v) is 19.2. The van der Waals surface area contributed by atoms with Crippen LogP contribution in [0.5, 0.6) is 5.75 Å². The zero-order valence-electron chi connectivity index (χ0n) is 29.1. The maximum Gasteiger partial charge on any atom is 0.446 e. The molecule has 18 nitrogen and oxygen atoms in total. The minimum atomic E-state index is -5.22. The monoisotopic (exact) mass is 773 g/mol. The van der Waals surface area contributed by atoms with Crippen LogP contribution >= 0.6 is 0 Å². The van der Waals surface area contributed by atoms with Gasteiger partial charge < -0.3 is 24.0 Å². The fourth-order valence-electron chi connectivity index (χ4n) is 4.64. The normalized spacial score (nSPS) is 14.7. The molecule has 50 heavy (non-hydrogen) atoms. The van der Waals surface area contributed by atoms with E-state index in [1.807, 2.05) is 26.8 Å². The summed E-state index contributed by atoms with van der Waals surface area (Å²) in [5.41, 5.74) is 7.52.